The van der Waals surface area contributed by atoms with E-state index in [1.165, 1.54) is 0 Å². The van der Waals surface area contributed by atoms with Gasteiger partial charge in [0.25, 0.3) is 0 Å². The van der Waals surface area contributed by atoms with E-state index in [2.05, 4.69) is 4.90 Å². The van der Waals surface area contributed by atoms with Gasteiger partial charge >= 0.3 is 0 Å². The Morgan fingerprint density at radius 1 is 1.11 bits per heavy atom. The number of carbonyl (C=O) groups is 1. The number of sulfonamides is 1. The van der Waals surface area contributed by atoms with Gasteiger partial charge in [-0.3, -0.25) is 9.69 Å². The van der Waals surface area contributed by atoms with Gasteiger partial charge in [0.1, 0.15) is 0 Å². The lowest BCUT2D eigenvalue weighted by Crippen LogP contribution is -2.49. The molecule has 1 aliphatic carbocycles. The molecule has 8 heteroatoms. The highest BCUT2D eigenvalue weighted by molar-refractivity contribution is 7.89. The summed E-state index contributed by atoms with van der Waals surface area (Å²) in [5.74, 6) is 0.357. The van der Waals surface area contributed by atoms with Crippen molar-refractivity contribution in [2.24, 2.45) is 11.7 Å². The van der Waals surface area contributed by atoms with Crippen LogP contribution in [-0.4, -0.2) is 69.3 Å². The Morgan fingerprint density at radius 3 is 2.48 bits per heavy atom. The molecule has 1 saturated carbocycles. The molecule has 2 aliphatic heterocycles. The van der Waals surface area contributed by atoms with Gasteiger partial charge in [-0.05, 0) is 43.0 Å². The lowest BCUT2D eigenvalue weighted by atomic mass is 9.84. The lowest BCUT2D eigenvalue weighted by Gasteiger charge is -2.33. The topological polar surface area (TPSA) is 86.9 Å². The van der Waals surface area contributed by atoms with Crippen molar-refractivity contribution in [2.75, 3.05) is 50.7 Å². The van der Waals surface area contributed by atoms with Crippen LogP contribution in [0.3, 0.4) is 0 Å². The maximum atomic E-state index is 13.0. The van der Waals surface area contributed by atoms with Gasteiger partial charge in [-0.1, -0.05) is 6.42 Å². The van der Waals surface area contributed by atoms with E-state index in [9.17, 15) is 13.2 Å². The molecule has 4 rings (SSSR count). The fourth-order valence-corrected chi connectivity index (χ4v) is 5.64. The van der Waals surface area contributed by atoms with Crippen molar-refractivity contribution in [3.8, 4) is 0 Å². The largest absolute Gasteiger partial charge is 0.329 e. The third kappa shape index (κ3) is 3.51. The number of rotatable bonds is 5. The molecule has 2 heterocycles. The molecule has 2 fully saturated rings. The number of hydrogen-bond donors (Lipinski definition) is 1. The van der Waals surface area contributed by atoms with Crippen molar-refractivity contribution >= 4 is 21.6 Å². The highest BCUT2D eigenvalue weighted by atomic mass is 32.2. The number of nitrogens with two attached hydrogens (primary N) is 1. The molecule has 1 aromatic rings. The van der Waals surface area contributed by atoms with Crippen molar-refractivity contribution in [3.05, 3.63) is 23.8 Å². The molecule has 1 amide bonds. The maximum Gasteiger partial charge on any atom is 0.243 e. The minimum atomic E-state index is -3.50. The lowest BCUT2D eigenvalue weighted by molar-refractivity contribution is -0.124. The average Bonchev–Trinajstić information content (AvgIpc) is 3.04. The van der Waals surface area contributed by atoms with Crippen LogP contribution >= 0.6 is 0 Å². The number of amides is 1. The van der Waals surface area contributed by atoms with E-state index in [1.54, 1.807) is 16.4 Å². The second-order valence-electron chi connectivity index (χ2n) is 7.69. The molecule has 3 aliphatic rings. The average molecular weight is 393 g/mol. The third-order valence-electron chi connectivity index (χ3n) is 6.08. The molecule has 0 atom stereocenters. The van der Waals surface area contributed by atoms with Crippen LogP contribution in [0.5, 0.6) is 0 Å². The Balaban J connectivity index is 1.49. The number of carbonyl (C=O) groups excluding carboxylic acids is 1. The van der Waals surface area contributed by atoms with E-state index in [0.717, 1.165) is 43.5 Å². The quantitative estimate of drug-likeness (QED) is 0.795. The normalized spacial score (nSPS) is 21.9. The number of benzene rings is 1. The Hall–Kier alpha value is -1.48. The summed E-state index contributed by atoms with van der Waals surface area (Å²) in [6, 6.07) is 5.24. The molecule has 0 bridgehead atoms. The number of fused-ring (bicyclic) bond motifs is 1. The summed E-state index contributed by atoms with van der Waals surface area (Å²) in [5, 5.41) is 0. The van der Waals surface area contributed by atoms with Crippen LogP contribution in [0.2, 0.25) is 0 Å². The minimum absolute atomic E-state index is 0.157. The van der Waals surface area contributed by atoms with Crippen LogP contribution in [0.4, 0.5) is 5.69 Å². The summed E-state index contributed by atoms with van der Waals surface area (Å²) in [5.41, 5.74) is 7.44. The fraction of sp³-hybridized carbons (Fsp3) is 0.632. The van der Waals surface area contributed by atoms with Crippen LogP contribution in [0.1, 0.15) is 24.8 Å². The zero-order valence-corrected chi connectivity index (χ0v) is 16.5. The molecule has 0 aromatic heterocycles. The van der Waals surface area contributed by atoms with Gasteiger partial charge < -0.3 is 10.6 Å². The second-order valence-corrected chi connectivity index (χ2v) is 9.63. The number of anilines is 1. The van der Waals surface area contributed by atoms with Crippen LogP contribution in [0, 0.1) is 5.92 Å². The van der Waals surface area contributed by atoms with Gasteiger partial charge in [-0.15, -0.1) is 0 Å². The van der Waals surface area contributed by atoms with Crippen LogP contribution in [-0.2, 0) is 21.2 Å². The van der Waals surface area contributed by atoms with Gasteiger partial charge in [0.2, 0.25) is 15.9 Å². The monoisotopic (exact) mass is 392 g/mol. The Bertz CT molecular complexity index is 814. The fourth-order valence-electron chi connectivity index (χ4n) is 4.17. The molecule has 7 nitrogen and oxygen atoms in total. The van der Waals surface area contributed by atoms with Crippen molar-refractivity contribution in [2.45, 2.75) is 30.6 Å². The Labute approximate surface area is 161 Å². The second kappa shape index (κ2) is 7.50. The van der Waals surface area contributed by atoms with E-state index in [-0.39, 0.29) is 11.8 Å². The van der Waals surface area contributed by atoms with E-state index < -0.39 is 10.0 Å². The van der Waals surface area contributed by atoms with Gasteiger partial charge in [-0.25, -0.2) is 8.42 Å². The van der Waals surface area contributed by atoms with Crippen LogP contribution in [0.25, 0.3) is 0 Å². The highest BCUT2D eigenvalue weighted by Crippen LogP contribution is 2.36. The molecule has 2 N–H and O–H groups in total. The predicted octanol–water partition coefficient (Wildman–Crippen LogP) is 0.641. The zero-order chi connectivity index (χ0) is 19.0. The summed E-state index contributed by atoms with van der Waals surface area (Å²) in [6.45, 7) is 4.46. The van der Waals surface area contributed by atoms with Gasteiger partial charge in [0.15, 0.2) is 0 Å². The smallest absolute Gasteiger partial charge is 0.243 e. The summed E-state index contributed by atoms with van der Waals surface area (Å²) in [4.78, 5) is 17.0. The van der Waals surface area contributed by atoms with Crippen molar-refractivity contribution < 1.29 is 13.2 Å². The van der Waals surface area contributed by atoms with E-state index in [4.69, 9.17) is 5.73 Å². The molecular weight excluding hydrogens is 364 g/mol. The van der Waals surface area contributed by atoms with Crippen LogP contribution in [0.15, 0.2) is 23.1 Å². The number of hydrogen-bond acceptors (Lipinski definition) is 5. The SMILES string of the molecule is NCCN1CCN(S(=O)(=O)c2ccc3c(c2)CCN3C(=O)C2CCC2)CC1. The first kappa shape index (κ1) is 18.9. The predicted molar refractivity (Wildman–Crippen MR) is 104 cm³/mol. The summed E-state index contributed by atoms with van der Waals surface area (Å²) in [7, 11) is -3.50. The summed E-state index contributed by atoms with van der Waals surface area (Å²) >= 11 is 0. The van der Waals surface area contributed by atoms with Crippen molar-refractivity contribution in [1.29, 1.82) is 0 Å². The Morgan fingerprint density at radius 2 is 1.85 bits per heavy atom. The zero-order valence-electron chi connectivity index (χ0n) is 15.6. The molecule has 0 unspecified atom stereocenters. The van der Waals surface area contributed by atoms with Gasteiger partial charge in [-0.2, -0.15) is 4.31 Å². The number of piperazine rings is 1. The highest BCUT2D eigenvalue weighted by Gasteiger charge is 2.35. The van der Waals surface area contributed by atoms with Gasteiger partial charge in [0, 0.05) is 57.4 Å². The number of nitrogens with zero attached hydrogens (tertiary/aromatic N) is 3. The standard InChI is InChI=1S/C19H28N4O3S/c20-7-9-21-10-12-22(13-11-21)27(25,26)17-4-5-18-16(14-17)6-8-23(18)19(24)15-2-1-3-15/h4-5,14-15H,1-3,6-13,20H2. The minimum Gasteiger partial charge on any atom is -0.329 e. The first-order valence-electron chi connectivity index (χ1n) is 9.87. The maximum absolute atomic E-state index is 13.0. The molecular formula is C19H28N4O3S. The molecule has 0 spiro atoms. The van der Waals surface area contributed by atoms with Crippen molar-refractivity contribution in [3.63, 3.8) is 0 Å². The molecule has 1 aromatic carbocycles. The molecule has 0 radical (unpaired) electrons. The summed E-state index contributed by atoms with van der Waals surface area (Å²) in [6.07, 6.45) is 3.81. The first-order valence-corrected chi connectivity index (χ1v) is 11.3. The van der Waals surface area contributed by atoms with E-state index in [1.807, 2.05) is 11.0 Å². The van der Waals surface area contributed by atoms with Crippen LogP contribution < -0.4 is 10.6 Å². The summed E-state index contributed by atoms with van der Waals surface area (Å²) < 4.78 is 27.6. The van der Waals surface area contributed by atoms with E-state index in [0.29, 0.717) is 44.2 Å². The molecule has 27 heavy (non-hydrogen) atoms. The third-order valence-corrected chi connectivity index (χ3v) is 7.98. The molecule has 148 valence electrons. The molecule has 1 saturated heterocycles. The van der Waals surface area contributed by atoms with Crippen molar-refractivity contribution in [1.82, 2.24) is 9.21 Å². The van der Waals surface area contributed by atoms with Gasteiger partial charge in [0.05, 0.1) is 4.90 Å². The first-order chi connectivity index (χ1) is 13.0. The Kier molecular flexibility index (Phi) is 5.24. The van der Waals surface area contributed by atoms with E-state index >= 15 is 0 Å².